The molecular weight excluding hydrogens is 446 g/mol. The molecule has 0 saturated carbocycles. The van der Waals surface area contributed by atoms with Crippen molar-refractivity contribution in [3.63, 3.8) is 0 Å². The molecule has 2 aromatic heterocycles. The van der Waals surface area contributed by atoms with Crippen LogP contribution in [-0.2, 0) is 20.9 Å². The van der Waals surface area contributed by atoms with E-state index in [1.54, 1.807) is 28.1 Å². The number of carbonyl (C=O) groups is 2. The number of piperazine rings is 1. The van der Waals surface area contributed by atoms with Gasteiger partial charge in [0.2, 0.25) is 11.8 Å². The number of rotatable bonds is 7. The molecule has 1 aliphatic rings. The Morgan fingerprint density at radius 3 is 2.91 bits per heavy atom. The lowest BCUT2D eigenvalue weighted by molar-refractivity contribution is -0.153. The molecule has 0 unspecified atom stereocenters. The summed E-state index contributed by atoms with van der Waals surface area (Å²) < 4.78 is 5.26. The van der Waals surface area contributed by atoms with Gasteiger partial charge in [0.1, 0.15) is 18.2 Å². The van der Waals surface area contributed by atoms with Gasteiger partial charge in [0.15, 0.2) is 5.15 Å². The smallest absolute Gasteiger partial charge is 0.248 e. The average Bonchev–Trinajstić information content (AvgIpc) is 2.81. The average molecular weight is 470 g/mol. The molecule has 0 aliphatic carbocycles. The number of benzene rings is 1. The molecule has 3 heterocycles. The Morgan fingerprint density at radius 2 is 2.12 bits per heavy atom. The van der Waals surface area contributed by atoms with E-state index in [2.05, 4.69) is 20.3 Å². The minimum atomic E-state index is -0.708. The van der Waals surface area contributed by atoms with Crippen LogP contribution in [0.25, 0.3) is 10.9 Å². The third-order valence-electron chi connectivity index (χ3n) is 5.52. The zero-order valence-corrected chi connectivity index (χ0v) is 18.8. The molecule has 172 valence electrons. The first kappa shape index (κ1) is 22.7. The van der Waals surface area contributed by atoms with Gasteiger partial charge in [-0.05, 0) is 29.8 Å². The monoisotopic (exact) mass is 469 g/mol. The van der Waals surface area contributed by atoms with E-state index in [1.807, 2.05) is 18.2 Å². The van der Waals surface area contributed by atoms with Crippen LogP contribution in [0, 0.1) is 0 Å². The fourth-order valence-electron chi connectivity index (χ4n) is 3.85. The van der Waals surface area contributed by atoms with E-state index < -0.39 is 6.04 Å². The first-order valence-corrected chi connectivity index (χ1v) is 10.8. The summed E-state index contributed by atoms with van der Waals surface area (Å²) in [6.45, 7) is 1.29. The number of aromatic nitrogens is 3. The Bertz CT molecular complexity index is 1180. The van der Waals surface area contributed by atoms with E-state index in [-0.39, 0.29) is 30.1 Å². The molecule has 1 aromatic carbocycles. The number of anilines is 2. The molecule has 0 radical (unpaired) electrons. The van der Waals surface area contributed by atoms with Crippen LogP contribution in [0.3, 0.4) is 0 Å². The number of ether oxygens (including phenoxy) is 1. The van der Waals surface area contributed by atoms with Crippen LogP contribution in [-0.4, -0.2) is 76.0 Å². The highest BCUT2D eigenvalue weighted by molar-refractivity contribution is 6.32. The summed E-state index contributed by atoms with van der Waals surface area (Å²) in [7, 11) is 1.51. The minimum Gasteiger partial charge on any atom is -0.383 e. The third kappa shape index (κ3) is 4.96. The Hall–Kier alpha value is -3.50. The fraction of sp³-hybridized carbons (Fsp3) is 0.318. The van der Waals surface area contributed by atoms with Crippen LogP contribution in [0.5, 0.6) is 0 Å². The van der Waals surface area contributed by atoms with Crippen molar-refractivity contribution in [3.8, 4) is 0 Å². The van der Waals surface area contributed by atoms with Crippen LogP contribution in [0.2, 0.25) is 5.15 Å². The summed E-state index contributed by atoms with van der Waals surface area (Å²) in [4.78, 5) is 41.7. The van der Waals surface area contributed by atoms with Crippen molar-refractivity contribution in [2.75, 3.05) is 44.4 Å². The van der Waals surface area contributed by atoms with Crippen molar-refractivity contribution in [1.29, 1.82) is 0 Å². The second kappa shape index (κ2) is 9.97. The predicted octanol–water partition coefficient (Wildman–Crippen LogP) is 1.56. The first-order valence-electron chi connectivity index (χ1n) is 10.4. The second-order valence-corrected chi connectivity index (χ2v) is 7.98. The molecule has 3 N–H and O–H groups in total. The van der Waals surface area contributed by atoms with Gasteiger partial charge in [-0.15, -0.1) is 0 Å². The van der Waals surface area contributed by atoms with Gasteiger partial charge in [-0.25, -0.2) is 15.0 Å². The van der Waals surface area contributed by atoms with E-state index in [0.717, 1.165) is 16.5 Å². The third-order valence-corrected chi connectivity index (χ3v) is 5.82. The summed E-state index contributed by atoms with van der Waals surface area (Å²) in [5, 5.41) is 4.03. The van der Waals surface area contributed by atoms with E-state index in [4.69, 9.17) is 22.1 Å². The normalized spacial score (nSPS) is 16.3. The van der Waals surface area contributed by atoms with Crippen LogP contribution in [0.1, 0.15) is 5.56 Å². The molecule has 1 atom stereocenters. The number of nitrogen functional groups attached to an aromatic ring is 1. The lowest BCUT2D eigenvalue weighted by Crippen LogP contribution is -2.60. The molecule has 10 nitrogen and oxygen atoms in total. The fourth-order valence-corrected chi connectivity index (χ4v) is 4.03. The molecule has 0 bridgehead atoms. The number of halogens is 1. The van der Waals surface area contributed by atoms with E-state index in [9.17, 15) is 9.59 Å². The minimum absolute atomic E-state index is 0.00922. The van der Waals surface area contributed by atoms with E-state index >= 15 is 0 Å². The Labute approximate surface area is 195 Å². The number of pyridine rings is 1. The Morgan fingerprint density at radius 1 is 1.27 bits per heavy atom. The highest BCUT2D eigenvalue weighted by Crippen LogP contribution is 2.21. The van der Waals surface area contributed by atoms with Crippen molar-refractivity contribution in [3.05, 3.63) is 53.6 Å². The maximum Gasteiger partial charge on any atom is 0.248 e. The first-order chi connectivity index (χ1) is 16.0. The number of fused-ring (bicyclic) bond motifs is 1. The van der Waals surface area contributed by atoms with Crippen LogP contribution in [0.15, 0.2) is 42.9 Å². The summed E-state index contributed by atoms with van der Waals surface area (Å²) in [5.74, 6) is 0.0251. The van der Waals surface area contributed by atoms with Crippen molar-refractivity contribution >= 4 is 45.8 Å². The highest BCUT2D eigenvalue weighted by Gasteiger charge is 2.37. The van der Waals surface area contributed by atoms with Crippen molar-refractivity contribution in [1.82, 2.24) is 24.8 Å². The van der Waals surface area contributed by atoms with E-state index in [1.165, 1.54) is 13.4 Å². The second-order valence-electron chi connectivity index (χ2n) is 7.62. The summed E-state index contributed by atoms with van der Waals surface area (Å²) >= 11 is 6.04. The summed E-state index contributed by atoms with van der Waals surface area (Å²) in [6.07, 6.45) is 2.98. The number of hydrogen-bond acceptors (Lipinski definition) is 8. The lowest BCUT2D eigenvalue weighted by Gasteiger charge is -2.40. The van der Waals surface area contributed by atoms with Crippen molar-refractivity contribution in [2.45, 2.75) is 12.6 Å². The number of amides is 2. The Balaban J connectivity index is 1.45. The maximum atomic E-state index is 13.2. The van der Waals surface area contributed by atoms with Gasteiger partial charge in [0.05, 0.1) is 24.4 Å². The number of nitrogens with two attached hydrogens (primary N) is 1. The SMILES string of the molecule is COC[C@H]1C(=O)N(Cc2ccc3c(N)ncnc3c2)CCN1C(=O)CNc1cccnc1Cl. The number of methoxy groups -OCH3 is 1. The van der Waals surface area contributed by atoms with E-state index in [0.29, 0.717) is 31.1 Å². The molecule has 11 heteroatoms. The van der Waals surface area contributed by atoms with Gasteiger partial charge >= 0.3 is 0 Å². The van der Waals surface area contributed by atoms with Crippen LogP contribution < -0.4 is 11.1 Å². The molecular formula is C22H24ClN7O3. The van der Waals surface area contributed by atoms with Gasteiger partial charge in [0.25, 0.3) is 0 Å². The molecule has 1 saturated heterocycles. The summed E-state index contributed by atoms with van der Waals surface area (Å²) in [5.41, 5.74) is 8.08. The van der Waals surface area contributed by atoms with Gasteiger partial charge in [0, 0.05) is 38.3 Å². The predicted molar refractivity (Wildman–Crippen MR) is 124 cm³/mol. The molecule has 2 amide bonds. The molecule has 3 aromatic rings. The lowest BCUT2D eigenvalue weighted by atomic mass is 10.1. The van der Waals surface area contributed by atoms with Gasteiger partial charge in [-0.2, -0.15) is 0 Å². The van der Waals surface area contributed by atoms with Gasteiger partial charge < -0.3 is 25.6 Å². The number of nitrogens with one attached hydrogen (secondary N) is 1. The standard InChI is InChI=1S/C22H24ClN7O3/c1-33-12-18-22(32)29(11-14-4-5-15-17(9-14)27-13-28-21(15)24)7-8-30(18)19(31)10-26-16-3-2-6-25-20(16)23/h2-6,9,13,18,26H,7-8,10-12H2,1H3,(H2,24,27,28)/t18-/m0/s1. The highest BCUT2D eigenvalue weighted by atomic mass is 35.5. The molecule has 1 fully saturated rings. The molecule has 33 heavy (non-hydrogen) atoms. The number of hydrogen-bond donors (Lipinski definition) is 2. The van der Waals surface area contributed by atoms with Crippen molar-refractivity contribution < 1.29 is 14.3 Å². The zero-order valence-electron chi connectivity index (χ0n) is 18.1. The summed E-state index contributed by atoms with van der Waals surface area (Å²) in [6, 6.07) is 8.40. The molecule has 0 spiro atoms. The maximum absolute atomic E-state index is 13.2. The number of nitrogens with zero attached hydrogens (tertiary/aromatic N) is 5. The topological polar surface area (TPSA) is 127 Å². The molecule has 4 rings (SSSR count). The van der Waals surface area contributed by atoms with Crippen LogP contribution >= 0.6 is 11.6 Å². The number of carbonyl (C=O) groups excluding carboxylic acids is 2. The van der Waals surface area contributed by atoms with Gasteiger partial charge in [-0.3, -0.25) is 9.59 Å². The van der Waals surface area contributed by atoms with Gasteiger partial charge in [-0.1, -0.05) is 17.7 Å². The largest absolute Gasteiger partial charge is 0.383 e. The quantitative estimate of drug-likeness (QED) is 0.499. The zero-order chi connectivity index (χ0) is 23.4. The van der Waals surface area contributed by atoms with Crippen LogP contribution in [0.4, 0.5) is 11.5 Å². The van der Waals surface area contributed by atoms with Crippen molar-refractivity contribution in [2.24, 2.45) is 0 Å². The molecule has 1 aliphatic heterocycles. The Kier molecular flexibility index (Phi) is 6.85.